The van der Waals surface area contributed by atoms with Crippen molar-refractivity contribution >= 4 is 11.0 Å². The summed E-state index contributed by atoms with van der Waals surface area (Å²) in [6, 6.07) is 10.9. The van der Waals surface area contributed by atoms with Gasteiger partial charge in [0.2, 0.25) is 0 Å². The molecule has 1 heterocycles. The third-order valence-corrected chi connectivity index (χ3v) is 5.75. The summed E-state index contributed by atoms with van der Waals surface area (Å²) in [7, 11) is -0.998. The maximum absolute atomic E-state index is 12.3. The fraction of sp³-hybridized carbons (Fsp3) is 0.647. The van der Waals surface area contributed by atoms with Crippen molar-refractivity contribution in [3.8, 4) is 0 Å². The molecule has 0 aliphatic carbocycles. The molecule has 0 radical (unpaired) electrons. The van der Waals surface area contributed by atoms with Gasteiger partial charge in [0.15, 0.2) is 0 Å². The van der Waals surface area contributed by atoms with Crippen molar-refractivity contribution in [2.45, 2.75) is 63.9 Å². The summed E-state index contributed by atoms with van der Waals surface area (Å²) in [5, 5.41) is 0. The molecule has 1 N–H and O–H groups in total. The Bertz CT molecular complexity index is 493. The van der Waals surface area contributed by atoms with Crippen molar-refractivity contribution in [2.75, 3.05) is 6.54 Å². The molecule has 2 atom stereocenters. The Balaban J connectivity index is 2.00. The SMILES string of the molecule is CC1(C)CC(NS(=O)C(C)(C)C)CN1Cc1ccccc1. The minimum absolute atomic E-state index is 0.135. The molecule has 2 unspecified atom stereocenters. The quantitative estimate of drug-likeness (QED) is 0.927. The predicted octanol–water partition coefficient (Wildman–Crippen LogP) is 3.09. The average molecular weight is 308 g/mol. The van der Waals surface area contributed by atoms with Crippen LogP contribution in [-0.4, -0.2) is 32.0 Å². The zero-order valence-electron chi connectivity index (χ0n) is 13.8. The topological polar surface area (TPSA) is 32.3 Å². The normalized spacial score (nSPS) is 24.1. The fourth-order valence-corrected chi connectivity index (χ4v) is 3.61. The van der Waals surface area contributed by atoms with Gasteiger partial charge in [0.1, 0.15) is 0 Å². The lowest BCUT2D eigenvalue weighted by Crippen LogP contribution is -2.41. The van der Waals surface area contributed by atoms with Crippen LogP contribution < -0.4 is 4.72 Å². The number of benzene rings is 1. The molecule has 0 amide bonds. The van der Waals surface area contributed by atoms with Crippen molar-refractivity contribution in [1.82, 2.24) is 9.62 Å². The maximum Gasteiger partial charge on any atom is 0.0973 e. The molecule has 0 aromatic heterocycles. The van der Waals surface area contributed by atoms with Crippen molar-refractivity contribution in [2.24, 2.45) is 0 Å². The molecule has 3 nitrogen and oxygen atoms in total. The van der Waals surface area contributed by atoms with Gasteiger partial charge in [0, 0.05) is 24.7 Å². The van der Waals surface area contributed by atoms with Gasteiger partial charge < -0.3 is 0 Å². The molecule has 0 spiro atoms. The first-order chi connectivity index (χ1) is 9.68. The first-order valence-electron chi connectivity index (χ1n) is 7.65. The van der Waals surface area contributed by atoms with Gasteiger partial charge >= 0.3 is 0 Å². The van der Waals surface area contributed by atoms with Crippen LogP contribution in [0.3, 0.4) is 0 Å². The van der Waals surface area contributed by atoms with Gasteiger partial charge in [-0.05, 0) is 46.6 Å². The Morgan fingerprint density at radius 3 is 2.48 bits per heavy atom. The van der Waals surface area contributed by atoms with Crippen LogP contribution in [-0.2, 0) is 17.5 Å². The molecule has 2 rings (SSSR count). The number of nitrogens with one attached hydrogen (secondary N) is 1. The molecule has 1 aromatic carbocycles. The molecule has 1 aromatic rings. The third kappa shape index (κ3) is 4.38. The van der Waals surface area contributed by atoms with E-state index in [-0.39, 0.29) is 10.3 Å². The van der Waals surface area contributed by atoms with E-state index >= 15 is 0 Å². The van der Waals surface area contributed by atoms with E-state index in [9.17, 15) is 4.21 Å². The second-order valence-electron chi connectivity index (χ2n) is 7.58. The molecule has 4 heteroatoms. The highest BCUT2D eigenvalue weighted by atomic mass is 32.2. The fourth-order valence-electron chi connectivity index (χ4n) is 2.80. The summed E-state index contributed by atoms with van der Waals surface area (Å²) in [5.41, 5.74) is 1.47. The predicted molar refractivity (Wildman–Crippen MR) is 90.4 cm³/mol. The summed E-state index contributed by atoms with van der Waals surface area (Å²) in [6.07, 6.45) is 1.03. The molecular weight excluding hydrogens is 280 g/mol. The zero-order valence-corrected chi connectivity index (χ0v) is 14.7. The molecule has 0 bridgehead atoms. The van der Waals surface area contributed by atoms with Crippen LogP contribution >= 0.6 is 0 Å². The number of hydrogen-bond donors (Lipinski definition) is 1. The van der Waals surface area contributed by atoms with Gasteiger partial charge in [-0.2, -0.15) is 0 Å². The summed E-state index contributed by atoms with van der Waals surface area (Å²) in [4.78, 5) is 2.49. The molecule has 1 fully saturated rings. The van der Waals surface area contributed by atoms with Crippen LogP contribution in [0.1, 0.15) is 46.6 Å². The summed E-state index contributed by atoms with van der Waals surface area (Å²) < 4.78 is 15.4. The van der Waals surface area contributed by atoms with E-state index in [1.165, 1.54) is 5.56 Å². The second kappa shape index (κ2) is 6.19. The third-order valence-electron chi connectivity index (χ3n) is 4.09. The highest BCUT2D eigenvalue weighted by Gasteiger charge is 2.39. The Kier molecular flexibility index (Phi) is 4.91. The van der Waals surface area contributed by atoms with E-state index in [2.05, 4.69) is 53.8 Å². The average Bonchev–Trinajstić information content (AvgIpc) is 2.64. The Morgan fingerprint density at radius 2 is 1.90 bits per heavy atom. The van der Waals surface area contributed by atoms with Crippen LogP contribution in [0.15, 0.2) is 30.3 Å². The number of hydrogen-bond acceptors (Lipinski definition) is 2. The first-order valence-corrected chi connectivity index (χ1v) is 8.80. The minimum Gasteiger partial charge on any atom is -0.292 e. The lowest BCUT2D eigenvalue weighted by atomic mass is 10.00. The molecule has 118 valence electrons. The van der Waals surface area contributed by atoms with E-state index in [4.69, 9.17) is 0 Å². The standard InChI is InChI=1S/C17H28N2OS/c1-16(2,3)21(20)18-15-11-17(4,5)19(13-15)12-14-9-7-6-8-10-14/h6-10,15,18H,11-13H2,1-5H3. The largest absolute Gasteiger partial charge is 0.292 e. The van der Waals surface area contributed by atoms with Crippen molar-refractivity contribution in [3.05, 3.63) is 35.9 Å². The van der Waals surface area contributed by atoms with Crippen molar-refractivity contribution in [3.63, 3.8) is 0 Å². The van der Waals surface area contributed by atoms with Crippen LogP contribution in [0.25, 0.3) is 0 Å². The van der Waals surface area contributed by atoms with Crippen LogP contribution in [0.2, 0.25) is 0 Å². The van der Waals surface area contributed by atoms with Crippen LogP contribution in [0.4, 0.5) is 0 Å². The highest BCUT2D eigenvalue weighted by Crippen LogP contribution is 2.30. The van der Waals surface area contributed by atoms with Gasteiger partial charge in [-0.1, -0.05) is 30.3 Å². The lowest BCUT2D eigenvalue weighted by molar-refractivity contribution is 0.166. The van der Waals surface area contributed by atoms with Gasteiger partial charge in [-0.25, -0.2) is 8.93 Å². The van der Waals surface area contributed by atoms with Gasteiger partial charge in [-0.15, -0.1) is 0 Å². The van der Waals surface area contributed by atoms with E-state index < -0.39 is 11.0 Å². The smallest absolute Gasteiger partial charge is 0.0973 e. The van der Waals surface area contributed by atoms with E-state index in [1.54, 1.807) is 0 Å². The van der Waals surface area contributed by atoms with Crippen molar-refractivity contribution in [1.29, 1.82) is 0 Å². The number of nitrogens with zero attached hydrogens (tertiary/aromatic N) is 1. The molecule has 1 saturated heterocycles. The lowest BCUT2D eigenvalue weighted by Gasteiger charge is -2.31. The maximum atomic E-state index is 12.3. The first kappa shape index (κ1) is 16.7. The summed E-state index contributed by atoms with van der Waals surface area (Å²) in [5.74, 6) is 0. The van der Waals surface area contributed by atoms with E-state index in [1.807, 2.05) is 20.8 Å². The van der Waals surface area contributed by atoms with E-state index in [0.717, 1.165) is 19.5 Å². The van der Waals surface area contributed by atoms with Gasteiger partial charge in [0.25, 0.3) is 0 Å². The molecule has 21 heavy (non-hydrogen) atoms. The molecule has 0 saturated carbocycles. The van der Waals surface area contributed by atoms with E-state index in [0.29, 0.717) is 6.04 Å². The van der Waals surface area contributed by atoms with Gasteiger partial charge in [0.05, 0.1) is 15.7 Å². The Hall–Kier alpha value is -0.710. The van der Waals surface area contributed by atoms with Crippen molar-refractivity contribution < 1.29 is 4.21 Å². The molecule has 1 aliphatic rings. The number of likely N-dealkylation sites (tertiary alicyclic amines) is 1. The van der Waals surface area contributed by atoms with Crippen LogP contribution in [0, 0.1) is 0 Å². The summed E-state index contributed by atoms with van der Waals surface area (Å²) in [6.45, 7) is 12.5. The van der Waals surface area contributed by atoms with Crippen LogP contribution in [0.5, 0.6) is 0 Å². The Labute approximate surface area is 131 Å². The second-order valence-corrected chi connectivity index (χ2v) is 9.58. The molecular formula is C17H28N2OS. The number of rotatable bonds is 4. The zero-order chi connectivity index (χ0) is 15.7. The Morgan fingerprint density at radius 1 is 1.29 bits per heavy atom. The summed E-state index contributed by atoms with van der Waals surface area (Å²) >= 11 is 0. The monoisotopic (exact) mass is 308 g/mol. The highest BCUT2D eigenvalue weighted by molar-refractivity contribution is 7.84. The minimum atomic E-state index is -0.998. The molecule has 1 aliphatic heterocycles. The van der Waals surface area contributed by atoms with Gasteiger partial charge in [-0.3, -0.25) is 4.90 Å².